The highest BCUT2D eigenvalue weighted by molar-refractivity contribution is 9.10. The number of ether oxygens (including phenoxy) is 1. The number of halogens is 1. The van der Waals surface area contributed by atoms with Crippen molar-refractivity contribution in [2.24, 2.45) is 0 Å². The highest BCUT2D eigenvalue weighted by Gasteiger charge is 2.03. The van der Waals surface area contributed by atoms with E-state index in [1.165, 1.54) is 6.92 Å². The van der Waals surface area contributed by atoms with Crippen molar-refractivity contribution in [1.82, 2.24) is 0 Å². The fourth-order valence-electron chi connectivity index (χ4n) is 0.765. The Morgan fingerprint density at radius 2 is 2.00 bits per heavy atom. The van der Waals surface area contributed by atoms with Crippen LogP contribution >= 0.6 is 15.9 Å². The molecule has 0 N–H and O–H groups in total. The predicted molar refractivity (Wildman–Crippen MR) is 49.2 cm³/mol. The van der Waals surface area contributed by atoms with Gasteiger partial charge in [-0.05, 0) is 31.2 Å². The van der Waals surface area contributed by atoms with Gasteiger partial charge in [0.2, 0.25) is 0 Å². The summed E-state index contributed by atoms with van der Waals surface area (Å²) in [6.07, 6.45) is -0.929. The van der Waals surface area contributed by atoms with Crippen molar-refractivity contribution in [3.05, 3.63) is 28.7 Å². The van der Waals surface area contributed by atoms with Crippen molar-refractivity contribution in [2.45, 2.75) is 13.0 Å². The summed E-state index contributed by atoms with van der Waals surface area (Å²) in [6.45, 7) is 1.43. The number of hydrogen-bond donors (Lipinski definition) is 0. The lowest BCUT2D eigenvalue weighted by atomic mass is 10.3. The molecule has 1 aromatic rings. The summed E-state index contributed by atoms with van der Waals surface area (Å²) in [6, 6.07) is 6.92. The van der Waals surface area contributed by atoms with Crippen LogP contribution in [0.25, 0.3) is 0 Å². The Kier molecular flexibility index (Phi) is 3.31. The molecule has 0 fully saturated rings. The Morgan fingerprint density at radius 3 is 2.46 bits per heavy atom. The molecule has 3 nitrogen and oxygen atoms in total. The van der Waals surface area contributed by atoms with Gasteiger partial charge in [-0.1, -0.05) is 15.9 Å². The molecule has 70 valence electrons. The van der Waals surface area contributed by atoms with Gasteiger partial charge >= 0.3 is 0 Å². The molecule has 0 heterocycles. The molecule has 4 heteroatoms. The van der Waals surface area contributed by atoms with Crippen molar-refractivity contribution in [1.29, 1.82) is 0 Å². The molecule has 0 saturated carbocycles. The van der Waals surface area contributed by atoms with Gasteiger partial charge in [-0.15, -0.1) is 0 Å². The zero-order valence-corrected chi connectivity index (χ0v) is 8.58. The SMILES string of the molecule is CC(Oc1ccc(Br)cc1)C(=O)[O-]. The van der Waals surface area contributed by atoms with Gasteiger partial charge < -0.3 is 14.6 Å². The second kappa shape index (κ2) is 4.28. The number of aliphatic carboxylic acids is 1. The number of rotatable bonds is 3. The van der Waals surface area contributed by atoms with E-state index in [9.17, 15) is 9.90 Å². The third-order valence-corrected chi connectivity index (χ3v) is 1.99. The molecule has 0 aromatic heterocycles. The van der Waals surface area contributed by atoms with Crippen LogP contribution in [0.5, 0.6) is 5.75 Å². The predicted octanol–water partition coefficient (Wildman–Crippen LogP) is 0.966. The highest BCUT2D eigenvalue weighted by atomic mass is 79.9. The first-order valence-electron chi connectivity index (χ1n) is 3.72. The molecule has 0 saturated heterocycles. The second-order valence-corrected chi connectivity index (χ2v) is 3.45. The van der Waals surface area contributed by atoms with Crippen LogP contribution in [0, 0.1) is 0 Å². The van der Waals surface area contributed by atoms with Gasteiger partial charge in [-0.25, -0.2) is 0 Å². The van der Waals surface area contributed by atoms with Crippen LogP contribution < -0.4 is 9.84 Å². The van der Waals surface area contributed by atoms with E-state index in [4.69, 9.17) is 4.74 Å². The summed E-state index contributed by atoms with van der Waals surface area (Å²) < 4.78 is 5.97. The molecule has 0 aliphatic carbocycles. The molecule has 1 aromatic carbocycles. The van der Waals surface area contributed by atoms with Crippen molar-refractivity contribution >= 4 is 21.9 Å². The summed E-state index contributed by atoms with van der Waals surface area (Å²) in [5.74, 6) is -0.706. The minimum atomic E-state index is -1.22. The van der Waals surface area contributed by atoms with Gasteiger partial charge in [-0.3, -0.25) is 0 Å². The van der Waals surface area contributed by atoms with Gasteiger partial charge in [0.15, 0.2) is 0 Å². The van der Waals surface area contributed by atoms with Gasteiger partial charge in [0.05, 0.1) is 5.97 Å². The first-order valence-corrected chi connectivity index (χ1v) is 4.52. The normalized spacial score (nSPS) is 12.2. The van der Waals surface area contributed by atoms with E-state index >= 15 is 0 Å². The molecule has 0 aliphatic rings. The average molecular weight is 244 g/mol. The smallest absolute Gasteiger partial charge is 0.135 e. The number of benzene rings is 1. The third-order valence-electron chi connectivity index (χ3n) is 1.46. The first-order chi connectivity index (χ1) is 6.09. The highest BCUT2D eigenvalue weighted by Crippen LogP contribution is 2.16. The van der Waals surface area contributed by atoms with E-state index in [1.54, 1.807) is 24.3 Å². The van der Waals surface area contributed by atoms with Gasteiger partial charge in [-0.2, -0.15) is 0 Å². The van der Waals surface area contributed by atoms with Crippen LogP contribution in [0.3, 0.4) is 0 Å². The number of hydrogen-bond acceptors (Lipinski definition) is 3. The Labute approximate surface area is 84.5 Å². The number of carbonyl (C=O) groups is 1. The Morgan fingerprint density at radius 1 is 1.46 bits per heavy atom. The lowest BCUT2D eigenvalue weighted by Crippen LogP contribution is -2.37. The lowest BCUT2D eigenvalue weighted by molar-refractivity contribution is -0.312. The van der Waals surface area contributed by atoms with Gasteiger partial charge in [0.25, 0.3) is 0 Å². The number of carbonyl (C=O) groups excluding carboxylic acids is 1. The fraction of sp³-hybridized carbons (Fsp3) is 0.222. The van der Waals surface area contributed by atoms with Crippen molar-refractivity contribution < 1.29 is 14.6 Å². The van der Waals surface area contributed by atoms with Crippen molar-refractivity contribution in [3.63, 3.8) is 0 Å². The van der Waals surface area contributed by atoms with Crippen molar-refractivity contribution in [3.8, 4) is 5.75 Å². The van der Waals surface area contributed by atoms with Crippen LogP contribution in [-0.2, 0) is 4.79 Å². The van der Waals surface area contributed by atoms with E-state index < -0.39 is 12.1 Å². The van der Waals surface area contributed by atoms with Crippen LogP contribution in [0.1, 0.15) is 6.92 Å². The van der Waals surface area contributed by atoms with E-state index in [1.807, 2.05) is 0 Å². The topological polar surface area (TPSA) is 49.4 Å². The van der Waals surface area contributed by atoms with E-state index in [-0.39, 0.29) is 0 Å². The Bertz CT molecular complexity index is 294. The van der Waals surface area contributed by atoms with Crippen molar-refractivity contribution in [2.75, 3.05) is 0 Å². The van der Waals surface area contributed by atoms with Crippen LogP contribution in [-0.4, -0.2) is 12.1 Å². The lowest BCUT2D eigenvalue weighted by Gasteiger charge is -2.14. The summed E-state index contributed by atoms with van der Waals surface area (Å²) in [4.78, 5) is 10.3. The Balaban J connectivity index is 2.64. The third kappa shape index (κ3) is 3.06. The molecule has 0 spiro atoms. The number of carboxylic acid groups (broad SMARTS) is 1. The molecule has 1 rings (SSSR count). The quantitative estimate of drug-likeness (QED) is 0.795. The maximum absolute atomic E-state index is 10.3. The molecule has 1 atom stereocenters. The minimum absolute atomic E-state index is 0.514. The molecular formula is C9H8BrO3-. The molecule has 0 radical (unpaired) electrons. The van der Waals surface area contributed by atoms with E-state index in [2.05, 4.69) is 15.9 Å². The van der Waals surface area contributed by atoms with E-state index in [0.717, 1.165) is 4.47 Å². The monoisotopic (exact) mass is 243 g/mol. The fourth-order valence-corrected chi connectivity index (χ4v) is 1.03. The molecule has 1 unspecified atom stereocenters. The van der Waals surface area contributed by atoms with Crippen LogP contribution in [0.4, 0.5) is 0 Å². The summed E-state index contributed by atoms with van der Waals surface area (Å²) in [5.41, 5.74) is 0. The average Bonchev–Trinajstić information content (AvgIpc) is 2.08. The molecule has 13 heavy (non-hydrogen) atoms. The molecule has 0 amide bonds. The molecular weight excluding hydrogens is 236 g/mol. The summed E-state index contributed by atoms with van der Waals surface area (Å²) >= 11 is 3.26. The molecule has 0 aliphatic heterocycles. The first kappa shape index (κ1) is 10.1. The van der Waals surface area contributed by atoms with Crippen LogP contribution in [0.2, 0.25) is 0 Å². The molecule has 0 bridgehead atoms. The maximum atomic E-state index is 10.3. The zero-order valence-electron chi connectivity index (χ0n) is 6.99. The summed E-state index contributed by atoms with van der Waals surface area (Å²) in [7, 11) is 0. The minimum Gasteiger partial charge on any atom is -0.546 e. The largest absolute Gasteiger partial charge is 0.546 e. The zero-order chi connectivity index (χ0) is 9.84. The van der Waals surface area contributed by atoms with Gasteiger partial charge in [0, 0.05) is 4.47 Å². The summed E-state index contributed by atoms with van der Waals surface area (Å²) in [5, 5.41) is 10.3. The number of carboxylic acids is 1. The van der Waals surface area contributed by atoms with E-state index in [0.29, 0.717) is 5.75 Å². The van der Waals surface area contributed by atoms with Gasteiger partial charge in [0.1, 0.15) is 11.9 Å². The standard InChI is InChI=1S/C9H9BrO3/c1-6(9(11)12)13-8-4-2-7(10)3-5-8/h2-6H,1H3,(H,11,12)/p-1. The second-order valence-electron chi connectivity index (χ2n) is 2.53. The Hall–Kier alpha value is -1.03. The van der Waals surface area contributed by atoms with Crippen LogP contribution in [0.15, 0.2) is 28.7 Å². The maximum Gasteiger partial charge on any atom is 0.135 e.